The lowest BCUT2D eigenvalue weighted by atomic mass is 9.92. The van der Waals surface area contributed by atoms with Gasteiger partial charge in [0.15, 0.2) is 0 Å². The maximum absolute atomic E-state index is 12.8. The average Bonchev–Trinajstić information content (AvgIpc) is 2.09. The first kappa shape index (κ1) is 15.3. The Kier molecular flexibility index (Phi) is 3.78. The average molecular weight is 335 g/mol. The normalized spacial score (nSPS) is 13.0. The first-order valence-corrected chi connectivity index (χ1v) is 5.62. The second-order valence-electron chi connectivity index (χ2n) is 3.93. The van der Waals surface area contributed by atoms with Crippen LogP contribution in [0.5, 0.6) is 0 Å². The molecule has 0 radical (unpaired) electrons. The zero-order valence-corrected chi connectivity index (χ0v) is 11.2. The van der Waals surface area contributed by atoms with Gasteiger partial charge in [-0.15, -0.1) is 0 Å². The summed E-state index contributed by atoms with van der Waals surface area (Å²) in [6, 6.07) is 0. The molecular weight excluding hydrogens is 326 g/mol. The van der Waals surface area contributed by atoms with E-state index < -0.39 is 29.0 Å². The Morgan fingerprint density at radius 1 is 0.667 bits per heavy atom. The van der Waals surface area contributed by atoms with Crippen LogP contribution in [0.25, 0.3) is 0 Å². The van der Waals surface area contributed by atoms with E-state index in [1.54, 1.807) is 0 Å². The summed E-state index contributed by atoms with van der Waals surface area (Å²) < 4.78 is 76.6. The van der Waals surface area contributed by atoms with Crippen molar-refractivity contribution in [1.82, 2.24) is 0 Å². The van der Waals surface area contributed by atoms with Crippen molar-refractivity contribution in [1.29, 1.82) is 0 Å². The van der Waals surface area contributed by atoms with Crippen molar-refractivity contribution in [2.24, 2.45) is 0 Å². The monoisotopic (exact) mass is 334 g/mol. The van der Waals surface area contributed by atoms with Gasteiger partial charge in [-0.25, -0.2) is 0 Å². The van der Waals surface area contributed by atoms with E-state index in [-0.39, 0.29) is 15.6 Å². The van der Waals surface area contributed by atoms with Crippen LogP contribution in [0.4, 0.5) is 26.3 Å². The molecule has 0 amide bonds. The Bertz CT molecular complexity index is 443. The van der Waals surface area contributed by atoms with Crippen LogP contribution < -0.4 is 0 Å². The van der Waals surface area contributed by atoms with Crippen LogP contribution in [0, 0.1) is 20.8 Å². The minimum absolute atomic E-state index is 0.159. The first-order valence-electron chi connectivity index (χ1n) is 4.82. The molecule has 0 atom stereocenters. The number of hydrogen-bond donors (Lipinski definition) is 0. The number of benzene rings is 1. The fourth-order valence-corrected chi connectivity index (χ4v) is 2.44. The third kappa shape index (κ3) is 2.50. The second kappa shape index (κ2) is 4.43. The molecule has 0 nitrogen and oxygen atoms in total. The van der Waals surface area contributed by atoms with E-state index in [0.717, 1.165) is 20.8 Å². The first-order chi connectivity index (χ1) is 7.89. The fraction of sp³-hybridized carbons (Fsp3) is 0.455. The highest BCUT2D eigenvalue weighted by Gasteiger charge is 2.42. The van der Waals surface area contributed by atoms with Gasteiger partial charge in [0, 0.05) is 4.47 Å². The topological polar surface area (TPSA) is 0 Å². The van der Waals surface area contributed by atoms with Crippen LogP contribution in [0.3, 0.4) is 0 Å². The highest BCUT2D eigenvalue weighted by Crippen LogP contribution is 2.45. The van der Waals surface area contributed by atoms with E-state index in [1.807, 2.05) is 0 Å². The van der Waals surface area contributed by atoms with E-state index in [2.05, 4.69) is 15.9 Å². The molecule has 1 aromatic rings. The van der Waals surface area contributed by atoms with Gasteiger partial charge in [-0.2, -0.15) is 26.3 Å². The van der Waals surface area contributed by atoms with Crippen molar-refractivity contribution in [3.8, 4) is 0 Å². The van der Waals surface area contributed by atoms with Gasteiger partial charge in [-0.3, -0.25) is 0 Å². The second-order valence-corrected chi connectivity index (χ2v) is 4.73. The van der Waals surface area contributed by atoms with Gasteiger partial charge in [0.05, 0.1) is 11.1 Å². The van der Waals surface area contributed by atoms with Gasteiger partial charge in [-0.05, 0) is 37.5 Å². The Hall–Kier alpha value is -0.720. The number of hydrogen-bond acceptors (Lipinski definition) is 0. The van der Waals surface area contributed by atoms with Crippen LogP contribution in [0.2, 0.25) is 0 Å². The lowest BCUT2D eigenvalue weighted by Gasteiger charge is -2.22. The van der Waals surface area contributed by atoms with Gasteiger partial charge in [0.2, 0.25) is 0 Å². The van der Waals surface area contributed by atoms with Gasteiger partial charge in [0.1, 0.15) is 0 Å². The lowest BCUT2D eigenvalue weighted by Crippen LogP contribution is -2.18. The summed E-state index contributed by atoms with van der Waals surface area (Å²) in [5.41, 5.74) is -3.70. The molecule has 1 rings (SSSR count). The lowest BCUT2D eigenvalue weighted by molar-refractivity contribution is -0.144. The summed E-state index contributed by atoms with van der Waals surface area (Å²) in [5, 5.41) is 0. The standard InChI is InChI=1S/C11H9BrF6/c1-4-7(10(13,14)15)5(2)9(12)6(3)8(4)11(16,17)18/h1-3H3. The summed E-state index contributed by atoms with van der Waals surface area (Å²) in [6.45, 7) is 3.14. The van der Waals surface area contributed by atoms with Crippen molar-refractivity contribution in [2.45, 2.75) is 33.1 Å². The fourth-order valence-electron chi connectivity index (χ4n) is 2.04. The quantitative estimate of drug-likeness (QED) is 0.556. The van der Waals surface area contributed by atoms with Crippen molar-refractivity contribution < 1.29 is 26.3 Å². The van der Waals surface area contributed by atoms with E-state index in [4.69, 9.17) is 0 Å². The molecule has 0 fully saturated rings. The molecule has 0 unspecified atom stereocenters. The minimum Gasteiger partial charge on any atom is -0.166 e. The summed E-state index contributed by atoms with van der Waals surface area (Å²) in [6.07, 6.45) is -9.63. The van der Waals surface area contributed by atoms with Gasteiger partial charge in [0.25, 0.3) is 0 Å². The molecule has 0 aromatic heterocycles. The zero-order chi connectivity index (χ0) is 14.5. The van der Waals surface area contributed by atoms with Crippen molar-refractivity contribution >= 4 is 15.9 Å². The Labute approximate surface area is 108 Å². The van der Waals surface area contributed by atoms with E-state index in [1.165, 1.54) is 0 Å². The maximum atomic E-state index is 12.8. The summed E-state index contributed by atoms with van der Waals surface area (Å²) >= 11 is 2.80. The molecule has 0 aliphatic heterocycles. The SMILES string of the molecule is Cc1c(Br)c(C)c(C(F)(F)F)c(C)c1C(F)(F)F. The number of rotatable bonds is 0. The Morgan fingerprint density at radius 2 is 0.944 bits per heavy atom. The molecular formula is C11H9BrF6. The maximum Gasteiger partial charge on any atom is 0.416 e. The zero-order valence-electron chi connectivity index (χ0n) is 9.65. The van der Waals surface area contributed by atoms with Crippen molar-refractivity contribution in [2.75, 3.05) is 0 Å². The molecule has 18 heavy (non-hydrogen) atoms. The molecule has 0 aliphatic rings. The molecule has 0 spiro atoms. The van der Waals surface area contributed by atoms with E-state index in [9.17, 15) is 26.3 Å². The molecule has 0 N–H and O–H groups in total. The molecule has 1 aromatic carbocycles. The van der Waals surface area contributed by atoms with Crippen LogP contribution in [-0.4, -0.2) is 0 Å². The molecule has 0 bridgehead atoms. The van der Waals surface area contributed by atoms with Crippen molar-refractivity contribution in [3.05, 3.63) is 32.3 Å². The van der Waals surface area contributed by atoms with Gasteiger partial charge < -0.3 is 0 Å². The van der Waals surface area contributed by atoms with Crippen LogP contribution in [0.15, 0.2) is 4.47 Å². The van der Waals surface area contributed by atoms with E-state index >= 15 is 0 Å². The third-order valence-corrected chi connectivity index (χ3v) is 3.91. The number of alkyl halides is 6. The molecule has 0 saturated heterocycles. The smallest absolute Gasteiger partial charge is 0.166 e. The predicted molar refractivity (Wildman–Crippen MR) is 58.4 cm³/mol. The molecule has 0 heterocycles. The minimum atomic E-state index is -4.82. The van der Waals surface area contributed by atoms with E-state index in [0.29, 0.717) is 0 Å². The third-order valence-electron chi connectivity index (χ3n) is 2.73. The predicted octanol–water partition coefficient (Wildman–Crippen LogP) is 5.41. The Morgan fingerprint density at radius 3 is 1.17 bits per heavy atom. The molecule has 7 heteroatoms. The summed E-state index contributed by atoms with van der Waals surface area (Å²) in [5.74, 6) is 0. The highest BCUT2D eigenvalue weighted by molar-refractivity contribution is 9.10. The summed E-state index contributed by atoms with van der Waals surface area (Å²) in [7, 11) is 0. The largest absolute Gasteiger partial charge is 0.416 e. The van der Waals surface area contributed by atoms with Gasteiger partial charge >= 0.3 is 12.4 Å². The van der Waals surface area contributed by atoms with Crippen LogP contribution >= 0.6 is 15.9 Å². The van der Waals surface area contributed by atoms with Crippen molar-refractivity contribution in [3.63, 3.8) is 0 Å². The molecule has 0 saturated carbocycles. The van der Waals surface area contributed by atoms with Crippen LogP contribution in [0.1, 0.15) is 27.8 Å². The molecule has 102 valence electrons. The van der Waals surface area contributed by atoms with Crippen LogP contribution in [-0.2, 0) is 12.4 Å². The molecule has 0 aliphatic carbocycles. The summed E-state index contributed by atoms with van der Waals surface area (Å²) in [4.78, 5) is 0. The van der Waals surface area contributed by atoms with Gasteiger partial charge in [-0.1, -0.05) is 15.9 Å². The Balaban J connectivity index is 3.83. The number of halogens is 7. The highest BCUT2D eigenvalue weighted by atomic mass is 79.9.